The Kier molecular flexibility index (Phi) is 7.15. The molecule has 1 N–H and O–H groups in total. The molecule has 2 aromatic carbocycles. The van der Waals surface area contributed by atoms with Crippen LogP contribution in [-0.4, -0.2) is 38.7 Å². The molecular weight excluding hydrogens is 379 g/mol. The molecule has 0 bridgehead atoms. The standard InChI is InChI=1S/C17H19FN2O4S2/c1-20(24-2)26(22,23)14-9-7-13(8-10-14)19-17(21)11-12-25-16-6-4-3-5-15(16)18/h3-10H,11-12H2,1-2H3,(H,19,21). The van der Waals surface area contributed by atoms with Crippen molar-refractivity contribution in [1.29, 1.82) is 0 Å². The smallest absolute Gasteiger partial charge is 0.264 e. The Morgan fingerprint density at radius 2 is 1.85 bits per heavy atom. The molecule has 140 valence electrons. The maximum Gasteiger partial charge on any atom is 0.264 e. The van der Waals surface area contributed by atoms with E-state index in [-0.39, 0.29) is 23.0 Å². The molecule has 0 spiro atoms. The Labute approximate surface area is 156 Å². The second-order valence-corrected chi connectivity index (χ2v) is 8.27. The molecule has 0 aliphatic heterocycles. The number of carbonyl (C=O) groups excluding carboxylic acids is 1. The largest absolute Gasteiger partial charge is 0.326 e. The van der Waals surface area contributed by atoms with Gasteiger partial charge in [-0.1, -0.05) is 16.6 Å². The molecule has 0 aliphatic rings. The van der Waals surface area contributed by atoms with Crippen molar-refractivity contribution in [3.63, 3.8) is 0 Å². The highest BCUT2D eigenvalue weighted by molar-refractivity contribution is 7.99. The van der Waals surface area contributed by atoms with E-state index in [2.05, 4.69) is 5.32 Å². The first-order valence-electron chi connectivity index (χ1n) is 7.65. The second kappa shape index (κ2) is 9.13. The number of hydrogen-bond donors (Lipinski definition) is 1. The molecule has 2 rings (SSSR count). The molecular formula is C17H19FN2O4S2. The zero-order valence-corrected chi connectivity index (χ0v) is 15.9. The van der Waals surface area contributed by atoms with Gasteiger partial charge in [0.1, 0.15) is 5.82 Å². The summed E-state index contributed by atoms with van der Waals surface area (Å²) in [6.07, 6.45) is 0.200. The van der Waals surface area contributed by atoms with Crippen LogP contribution in [0.15, 0.2) is 58.3 Å². The Hall–Kier alpha value is -1.94. The number of rotatable bonds is 8. The number of anilines is 1. The summed E-state index contributed by atoms with van der Waals surface area (Å²) in [5, 5.41) is 2.68. The van der Waals surface area contributed by atoms with Crippen LogP contribution in [0, 0.1) is 5.82 Å². The molecule has 0 saturated carbocycles. The highest BCUT2D eigenvalue weighted by Gasteiger charge is 2.20. The van der Waals surface area contributed by atoms with Crippen molar-refractivity contribution in [2.75, 3.05) is 25.2 Å². The van der Waals surface area contributed by atoms with Crippen molar-refractivity contribution in [1.82, 2.24) is 4.47 Å². The molecule has 2 aromatic rings. The van der Waals surface area contributed by atoms with Gasteiger partial charge in [-0.15, -0.1) is 11.8 Å². The maximum atomic E-state index is 13.5. The lowest BCUT2D eigenvalue weighted by molar-refractivity contribution is -0.115. The third kappa shape index (κ3) is 5.28. The number of nitrogens with one attached hydrogen (secondary N) is 1. The van der Waals surface area contributed by atoms with E-state index in [9.17, 15) is 17.6 Å². The summed E-state index contributed by atoms with van der Waals surface area (Å²) in [5.74, 6) is -0.119. The molecule has 0 radical (unpaired) electrons. The first kappa shape index (κ1) is 20.4. The monoisotopic (exact) mass is 398 g/mol. The van der Waals surface area contributed by atoms with Crippen LogP contribution in [0.5, 0.6) is 0 Å². The van der Waals surface area contributed by atoms with Crippen LogP contribution < -0.4 is 5.32 Å². The lowest BCUT2D eigenvalue weighted by Crippen LogP contribution is -2.25. The van der Waals surface area contributed by atoms with Gasteiger partial charge < -0.3 is 5.32 Å². The Morgan fingerprint density at radius 3 is 2.46 bits per heavy atom. The number of amides is 1. The lowest BCUT2D eigenvalue weighted by atomic mass is 10.3. The molecule has 6 nitrogen and oxygen atoms in total. The van der Waals surface area contributed by atoms with E-state index < -0.39 is 10.0 Å². The molecule has 0 fully saturated rings. The third-order valence-electron chi connectivity index (χ3n) is 3.45. The first-order chi connectivity index (χ1) is 12.3. The van der Waals surface area contributed by atoms with Gasteiger partial charge in [-0.2, -0.15) is 0 Å². The van der Waals surface area contributed by atoms with Crippen LogP contribution >= 0.6 is 11.8 Å². The summed E-state index contributed by atoms with van der Waals surface area (Å²) in [4.78, 5) is 17.2. The van der Waals surface area contributed by atoms with Crippen molar-refractivity contribution in [2.24, 2.45) is 0 Å². The number of hydroxylamine groups is 1. The molecule has 9 heteroatoms. The summed E-state index contributed by atoms with van der Waals surface area (Å²) < 4.78 is 38.4. The quantitative estimate of drug-likeness (QED) is 0.546. The van der Waals surface area contributed by atoms with E-state index in [0.29, 0.717) is 16.3 Å². The minimum absolute atomic E-state index is 0.0509. The molecule has 0 atom stereocenters. The zero-order valence-electron chi connectivity index (χ0n) is 14.3. The van der Waals surface area contributed by atoms with Crippen molar-refractivity contribution < 1.29 is 22.4 Å². The van der Waals surface area contributed by atoms with Gasteiger partial charge in [0.2, 0.25) is 5.91 Å². The van der Waals surface area contributed by atoms with Gasteiger partial charge in [0.05, 0.1) is 12.0 Å². The van der Waals surface area contributed by atoms with E-state index >= 15 is 0 Å². The fraction of sp³-hybridized carbons (Fsp3) is 0.235. The number of halogens is 1. The topological polar surface area (TPSA) is 75.7 Å². The number of nitrogens with zero attached hydrogens (tertiary/aromatic N) is 1. The minimum atomic E-state index is -3.72. The summed E-state index contributed by atoms with van der Waals surface area (Å²) in [5.41, 5.74) is 0.477. The normalized spacial score (nSPS) is 11.5. The maximum absolute atomic E-state index is 13.5. The van der Waals surface area contributed by atoms with E-state index in [1.54, 1.807) is 18.2 Å². The van der Waals surface area contributed by atoms with Crippen LogP contribution in [0.25, 0.3) is 0 Å². The fourth-order valence-electron chi connectivity index (χ4n) is 2.00. The number of benzene rings is 2. The summed E-state index contributed by atoms with van der Waals surface area (Å²) in [7, 11) is -1.18. The van der Waals surface area contributed by atoms with Gasteiger partial charge in [0.25, 0.3) is 10.0 Å². The Morgan fingerprint density at radius 1 is 1.19 bits per heavy atom. The van der Waals surface area contributed by atoms with Crippen LogP contribution in [0.2, 0.25) is 0 Å². The fourth-order valence-corrected chi connectivity index (χ4v) is 3.86. The van der Waals surface area contributed by atoms with Gasteiger partial charge in [-0.3, -0.25) is 9.63 Å². The highest BCUT2D eigenvalue weighted by atomic mass is 32.2. The first-order valence-corrected chi connectivity index (χ1v) is 10.1. The summed E-state index contributed by atoms with van der Waals surface area (Å²) in [6, 6.07) is 12.1. The predicted octanol–water partition coefficient (Wildman–Crippen LogP) is 3.13. The molecule has 26 heavy (non-hydrogen) atoms. The predicted molar refractivity (Wildman–Crippen MR) is 98.8 cm³/mol. The Balaban J connectivity index is 1.88. The minimum Gasteiger partial charge on any atom is -0.326 e. The highest BCUT2D eigenvalue weighted by Crippen LogP contribution is 2.22. The number of thioether (sulfide) groups is 1. The van der Waals surface area contributed by atoms with Crippen molar-refractivity contribution in [2.45, 2.75) is 16.2 Å². The number of hydrogen-bond acceptors (Lipinski definition) is 5. The average molecular weight is 398 g/mol. The molecule has 0 aliphatic carbocycles. The number of carbonyl (C=O) groups is 1. The van der Waals surface area contributed by atoms with Gasteiger partial charge in [0, 0.05) is 29.8 Å². The summed E-state index contributed by atoms with van der Waals surface area (Å²) >= 11 is 1.26. The van der Waals surface area contributed by atoms with Crippen molar-refractivity contribution >= 4 is 33.4 Å². The van der Waals surface area contributed by atoms with Crippen LogP contribution in [0.1, 0.15) is 6.42 Å². The Bertz CT molecular complexity index is 857. The zero-order chi connectivity index (χ0) is 19.2. The molecule has 0 heterocycles. The van der Waals surface area contributed by atoms with E-state index in [4.69, 9.17) is 4.84 Å². The van der Waals surface area contributed by atoms with Crippen LogP contribution in [-0.2, 0) is 19.7 Å². The van der Waals surface area contributed by atoms with Gasteiger partial charge in [0.15, 0.2) is 0 Å². The molecule has 0 saturated heterocycles. The van der Waals surface area contributed by atoms with Gasteiger partial charge >= 0.3 is 0 Å². The van der Waals surface area contributed by atoms with Gasteiger partial charge in [-0.05, 0) is 36.4 Å². The van der Waals surface area contributed by atoms with E-state index in [0.717, 1.165) is 4.47 Å². The van der Waals surface area contributed by atoms with Crippen LogP contribution in [0.4, 0.5) is 10.1 Å². The van der Waals surface area contributed by atoms with E-state index in [1.165, 1.54) is 56.3 Å². The van der Waals surface area contributed by atoms with Crippen molar-refractivity contribution in [3.8, 4) is 0 Å². The third-order valence-corrected chi connectivity index (χ3v) is 6.20. The SMILES string of the molecule is CON(C)S(=O)(=O)c1ccc(NC(=O)CCSc2ccccc2F)cc1. The molecule has 0 aromatic heterocycles. The van der Waals surface area contributed by atoms with E-state index in [1.807, 2.05) is 0 Å². The summed E-state index contributed by atoms with van der Waals surface area (Å²) in [6.45, 7) is 0. The molecule has 1 amide bonds. The van der Waals surface area contributed by atoms with Crippen molar-refractivity contribution in [3.05, 3.63) is 54.3 Å². The number of sulfonamides is 1. The lowest BCUT2D eigenvalue weighted by Gasteiger charge is -2.14. The van der Waals surface area contributed by atoms with Gasteiger partial charge in [-0.25, -0.2) is 12.8 Å². The molecule has 0 unspecified atom stereocenters. The average Bonchev–Trinajstić information content (AvgIpc) is 2.63. The second-order valence-electron chi connectivity index (χ2n) is 5.20. The van der Waals surface area contributed by atoms with Crippen LogP contribution in [0.3, 0.4) is 0 Å².